The van der Waals surface area contributed by atoms with Crippen LogP contribution in [0.15, 0.2) is 18.2 Å². The maximum atomic E-state index is 12.1. The number of carbonyl (C=O) groups excluding carboxylic acids is 1. The zero-order valence-corrected chi connectivity index (χ0v) is 13.0. The van der Waals surface area contributed by atoms with Crippen LogP contribution >= 0.6 is 35.6 Å². The molecule has 1 heterocycles. The number of amides is 1. The minimum absolute atomic E-state index is 0. The number of nitrogens with one attached hydrogen (secondary N) is 1. The highest BCUT2D eigenvalue weighted by Crippen LogP contribution is 2.23. The molecule has 0 aromatic heterocycles. The SMILES string of the molecule is CN(Cc1ccc(Cl)c(Cl)c1)C(=O)C1CCCN1.Cl. The molecule has 1 amide bonds. The average Bonchev–Trinajstić information content (AvgIpc) is 2.86. The second kappa shape index (κ2) is 7.34. The van der Waals surface area contributed by atoms with Crippen LogP contribution in [0.1, 0.15) is 18.4 Å². The Morgan fingerprint density at radius 3 is 2.74 bits per heavy atom. The van der Waals surface area contributed by atoms with Crippen molar-refractivity contribution in [2.75, 3.05) is 13.6 Å². The third-order valence-corrected chi connectivity index (χ3v) is 3.88. The van der Waals surface area contributed by atoms with Gasteiger partial charge in [-0.2, -0.15) is 0 Å². The lowest BCUT2D eigenvalue weighted by Crippen LogP contribution is -2.41. The lowest BCUT2D eigenvalue weighted by atomic mass is 10.1. The number of rotatable bonds is 3. The normalized spacial score (nSPS) is 17.9. The number of likely N-dealkylation sites (N-methyl/N-ethyl adjacent to an activating group) is 1. The van der Waals surface area contributed by atoms with Crippen molar-refractivity contribution in [1.29, 1.82) is 0 Å². The molecule has 1 atom stereocenters. The highest BCUT2D eigenvalue weighted by Gasteiger charge is 2.24. The predicted octanol–water partition coefficient (Wildman–Crippen LogP) is 3.13. The van der Waals surface area contributed by atoms with E-state index >= 15 is 0 Å². The fourth-order valence-electron chi connectivity index (χ4n) is 2.15. The van der Waals surface area contributed by atoms with Crippen LogP contribution in [0.2, 0.25) is 10.0 Å². The molecule has 1 aromatic rings. The van der Waals surface area contributed by atoms with Gasteiger partial charge < -0.3 is 10.2 Å². The molecule has 0 aliphatic carbocycles. The predicted molar refractivity (Wildman–Crippen MR) is 81.2 cm³/mol. The molecule has 19 heavy (non-hydrogen) atoms. The van der Waals surface area contributed by atoms with Gasteiger partial charge in [-0.05, 0) is 37.1 Å². The molecule has 1 N–H and O–H groups in total. The van der Waals surface area contributed by atoms with Gasteiger partial charge in [0.1, 0.15) is 0 Å². The van der Waals surface area contributed by atoms with Gasteiger partial charge in [0.2, 0.25) is 5.91 Å². The molecule has 1 unspecified atom stereocenters. The van der Waals surface area contributed by atoms with Gasteiger partial charge in [0.15, 0.2) is 0 Å². The molecule has 106 valence electrons. The van der Waals surface area contributed by atoms with Gasteiger partial charge in [-0.1, -0.05) is 29.3 Å². The highest BCUT2D eigenvalue weighted by atomic mass is 35.5. The van der Waals surface area contributed by atoms with E-state index in [9.17, 15) is 4.79 Å². The molecule has 1 aliphatic heterocycles. The molecule has 0 bridgehead atoms. The van der Waals surface area contributed by atoms with E-state index in [1.165, 1.54) is 0 Å². The lowest BCUT2D eigenvalue weighted by molar-refractivity contribution is -0.132. The first kappa shape index (κ1) is 16.6. The molecule has 1 aliphatic rings. The van der Waals surface area contributed by atoms with Crippen LogP contribution in [0.25, 0.3) is 0 Å². The van der Waals surface area contributed by atoms with Crippen LogP contribution in [-0.2, 0) is 11.3 Å². The lowest BCUT2D eigenvalue weighted by Gasteiger charge is -2.21. The largest absolute Gasteiger partial charge is 0.340 e. The van der Waals surface area contributed by atoms with Crippen molar-refractivity contribution in [2.45, 2.75) is 25.4 Å². The van der Waals surface area contributed by atoms with Crippen molar-refractivity contribution in [3.05, 3.63) is 33.8 Å². The smallest absolute Gasteiger partial charge is 0.239 e. The van der Waals surface area contributed by atoms with Crippen LogP contribution < -0.4 is 5.32 Å². The zero-order valence-electron chi connectivity index (χ0n) is 10.7. The molecule has 1 aromatic carbocycles. The summed E-state index contributed by atoms with van der Waals surface area (Å²) >= 11 is 11.8. The molecular weight excluding hydrogens is 307 g/mol. The first-order valence-electron chi connectivity index (χ1n) is 6.00. The van der Waals surface area contributed by atoms with E-state index in [1.807, 2.05) is 13.1 Å². The van der Waals surface area contributed by atoms with Crippen molar-refractivity contribution in [2.24, 2.45) is 0 Å². The molecule has 1 fully saturated rings. The first-order valence-corrected chi connectivity index (χ1v) is 6.76. The van der Waals surface area contributed by atoms with Crippen molar-refractivity contribution in [3.8, 4) is 0 Å². The van der Waals surface area contributed by atoms with Crippen molar-refractivity contribution < 1.29 is 4.79 Å². The van der Waals surface area contributed by atoms with Crippen molar-refractivity contribution in [1.82, 2.24) is 10.2 Å². The second-order valence-electron chi connectivity index (χ2n) is 4.59. The van der Waals surface area contributed by atoms with Crippen LogP contribution in [-0.4, -0.2) is 30.4 Å². The molecule has 6 heteroatoms. The summed E-state index contributed by atoms with van der Waals surface area (Å²) in [4.78, 5) is 13.8. The van der Waals surface area contributed by atoms with Crippen LogP contribution in [0.3, 0.4) is 0 Å². The van der Waals surface area contributed by atoms with Gasteiger partial charge in [0.25, 0.3) is 0 Å². The topological polar surface area (TPSA) is 32.3 Å². The van der Waals surface area contributed by atoms with E-state index < -0.39 is 0 Å². The molecular formula is C13H17Cl3N2O. The summed E-state index contributed by atoms with van der Waals surface area (Å²) in [6.07, 6.45) is 1.99. The summed E-state index contributed by atoms with van der Waals surface area (Å²) in [5.41, 5.74) is 0.984. The summed E-state index contributed by atoms with van der Waals surface area (Å²) < 4.78 is 0. The molecule has 3 nitrogen and oxygen atoms in total. The first-order chi connectivity index (χ1) is 8.58. The minimum atomic E-state index is -0.0298. The highest BCUT2D eigenvalue weighted by molar-refractivity contribution is 6.42. The van der Waals surface area contributed by atoms with Crippen LogP contribution in [0, 0.1) is 0 Å². The maximum absolute atomic E-state index is 12.1. The number of carbonyl (C=O) groups is 1. The number of benzene rings is 1. The standard InChI is InChI=1S/C13H16Cl2N2O.ClH/c1-17(13(18)12-3-2-6-16-12)8-9-4-5-10(14)11(15)7-9;/h4-5,7,12,16H,2-3,6,8H2,1H3;1H. The Bertz CT molecular complexity index is 448. The van der Waals surface area contributed by atoms with E-state index in [0.717, 1.165) is 24.9 Å². The van der Waals surface area contributed by atoms with Gasteiger partial charge in [-0.15, -0.1) is 12.4 Å². The van der Waals surface area contributed by atoms with E-state index in [-0.39, 0.29) is 24.4 Å². The molecule has 1 saturated heterocycles. The summed E-state index contributed by atoms with van der Waals surface area (Å²) in [7, 11) is 1.81. The Balaban J connectivity index is 0.00000180. The van der Waals surface area contributed by atoms with E-state index in [1.54, 1.807) is 17.0 Å². The Kier molecular flexibility index (Phi) is 6.40. The Labute approximate surface area is 129 Å². The maximum Gasteiger partial charge on any atom is 0.239 e. The summed E-state index contributed by atoms with van der Waals surface area (Å²) in [6.45, 7) is 1.48. The second-order valence-corrected chi connectivity index (χ2v) is 5.41. The molecule has 0 saturated carbocycles. The Hall–Kier alpha value is -0.480. The number of nitrogens with zero attached hydrogens (tertiary/aromatic N) is 1. The number of hydrogen-bond acceptors (Lipinski definition) is 2. The van der Waals surface area contributed by atoms with E-state index in [2.05, 4.69) is 5.32 Å². The van der Waals surface area contributed by atoms with Crippen molar-refractivity contribution in [3.63, 3.8) is 0 Å². The molecule has 2 rings (SSSR count). The fraction of sp³-hybridized carbons (Fsp3) is 0.462. The van der Waals surface area contributed by atoms with Crippen LogP contribution in [0.5, 0.6) is 0 Å². The van der Waals surface area contributed by atoms with E-state index in [4.69, 9.17) is 23.2 Å². The van der Waals surface area contributed by atoms with Gasteiger partial charge in [0, 0.05) is 13.6 Å². The summed E-state index contributed by atoms with van der Waals surface area (Å²) in [5, 5.41) is 4.26. The quantitative estimate of drug-likeness (QED) is 0.927. The Morgan fingerprint density at radius 1 is 1.42 bits per heavy atom. The Morgan fingerprint density at radius 2 is 2.16 bits per heavy atom. The van der Waals surface area contributed by atoms with Gasteiger partial charge in [0.05, 0.1) is 16.1 Å². The minimum Gasteiger partial charge on any atom is -0.340 e. The summed E-state index contributed by atoms with van der Waals surface area (Å²) in [6, 6.07) is 5.42. The molecule has 0 spiro atoms. The third kappa shape index (κ3) is 4.25. The zero-order chi connectivity index (χ0) is 13.1. The average molecular weight is 324 g/mol. The van der Waals surface area contributed by atoms with Crippen LogP contribution in [0.4, 0.5) is 0 Å². The van der Waals surface area contributed by atoms with Crippen molar-refractivity contribution >= 4 is 41.5 Å². The molecule has 0 radical (unpaired) electrons. The van der Waals surface area contributed by atoms with E-state index in [0.29, 0.717) is 16.6 Å². The van der Waals surface area contributed by atoms with Gasteiger partial charge >= 0.3 is 0 Å². The number of halogens is 3. The monoisotopic (exact) mass is 322 g/mol. The third-order valence-electron chi connectivity index (χ3n) is 3.14. The number of hydrogen-bond donors (Lipinski definition) is 1. The van der Waals surface area contributed by atoms with Gasteiger partial charge in [-0.3, -0.25) is 4.79 Å². The van der Waals surface area contributed by atoms with Gasteiger partial charge in [-0.25, -0.2) is 0 Å². The summed E-state index contributed by atoms with van der Waals surface area (Å²) in [5.74, 6) is 0.138. The fourth-order valence-corrected chi connectivity index (χ4v) is 2.47.